The Bertz CT molecular complexity index is 710. The fourth-order valence-electron chi connectivity index (χ4n) is 2.48. The minimum absolute atomic E-state index is 0.00740. The number of carbonyl (C=O) groups is 1. The fraction of sp³-hybridized carbons (Fsp3) is 0.333. The van der Waals surface area contributed by atoms with Crippen molar-refractivity contribution in [2.75, 3.05) is 6.61 Å². The molecule has 0 bridgehead atoms. The molecular formula is C18H22N2O3. The predicted molar refractivity (Wildman–Crippen MR) is 89.2 cm³/mol. The van der Waals surface area contributed by atoms with Crippen LogP contribution in [0.1, 0.15) is 29.4 Å². The van der Waals surface area contributed by atoms with Crippen LogP contribution in [0.3, 0.4) is 0 Å². The number of hydrogen-bond donors (Lipinski definition) is 1. The molecule has 0 spiro atoms. The first kappa shape index (κ1) is 17.0. The lowest BCUT2D eigenvalue weighted by Crippen LogP contribution is -2.40. The maximum atomic E-state index is 12.9. The second kappa shape index (κ2) is 7.74. The molecule has 122 valence electrons. The second-order valence-corrected chi connectivity index (χ2v) is 5.59. The van der Waals surface area contributed by atoms with Crippen molar-refractivity contribution < 1.29 is 9.90 Å². The molecule has 0 radical (unpaired) electrons. The summed E-state index contributed by atoms with van der Waals surface area (Å²) in [5, 5.41) is 9.21. The van der Waals surface area contributed by atoms with Crippen LogP contribution < -0.4 is 5.56 Å². The summed E-state index contributed by atoms with van der Waals surface area (Å²) >= 11 is 0. The largest absolute Gasteiger partial charge is 0.396 e. The SMILES string of the molecule is CC(CCO)N(Cc1ccccc1)C(=O)c1cccc(=O)n1C. The van der Waals surface area contributed by atoms with Crippen molar-refractivity contribution in [2.24, 2.45) is 7.05 Å². The van der Waals surface area contributed by atoms with Crippen LogP contribution in [-0.2, 0) is 13.6 Å². The van der Waals surface area contributed by atoms with E-state index in [1.165, 1.54) is 10.6 Å². The van der Waals surface area contributed by atoms with E-state index in [4.69, 9.17) is 0 Å². The van der Waals surface area contributed by atoms with Gasteiger partial charge in [-0.3, -0.25) is 9.59 Å². The van der Waals surface area contributed by atoms with Crippen LogP contribution in [-0.4, -0.2) is 33.1 Å². The molecule has 0 aliphatic rings. The van der Waals surface area contributed by atoms with Crippen molar-refractivity contribution in [1.82, 2.24) is 9.47 Å². The number of benzene rings is 1. The molecule has 0 saturated carbocycles. The lowest BCUT2D eigenvalue weighted by molar-refractivity contribution is 0.0637. The standard InChI is InChI=1S/C18H22N2O3/c1-14(11-12-21)20(13-15-7-4-3-5-8-15)18(23)16-9-6-10-17(22)19(16)2/h3-10,14,21H,11-13H2,1-2H3. The zero-order valence-electron chi connectivity index (χ0n) is 13.5. The molecule has 2 aromatic rings. The molecule has 0 aliphatic heterocycles. The van der Waals surface area contributed by atoms with Gasteiger partial charge in [-0.2, -0.15) is 0 Å². The number of pyridine rings is 1. The Labute approximate surface area is 135 Å². The maximum Gasteiger partial charge on any atom is 0.271 e. The normalized spacial score (nSPS) is 12.0. The van der Waals surface area contributed by atoms with Gasteiger partial charge in [0.25, 0.3) is 11.5 Å². The molecular weight excluding hydrogens is 292 g/mol. The third-order valence-electron chi connectivity index (χ3n) is 3.94. The van der Waals surface area contributed by atoms with E-state index in [0.29, 0.717) is 18.7 Å². The number of rotatable bonds is 6. The summed E-state index contributed by atoms with van der Waals surface area (Å²) in [6.07, 6.45) is 0.485. The summed E-state index contributed by atoms with van der Waals surface area (Å²) in [5.74, 6) is -0.213. The van der Waals surface area contributed by atoms with Crippen molar-refractivity contribution in [3.63, 3.8) is 0 Å². The first-order valence-electron chi connectivity index (χ1n) is 7.66. The minimum Gasteiger partial charge on any atom is -0.396 e. The predicted octanol–water partition coefficient (Wildman–Crippen LogP) is 1.80. The van der Waals surface area contributed by atoms with E-state index >= 15 is 0 Å². The number of aliphatic hydroxyl groups excluding tert-OH is 1. The van der Waals surface area contributed by atoms with Gasteiger partial charge in [0.05, 0.1) is 0 Å². The molecule has 1 atom stereocenters. The van der Waals surface area contributed by atoms with Crippen molar-refractivity contribution >= 4 is 5.91 Å². The van der Waals surface area contributed by atoms with Crippen molar-refractivity contribution in [2.45, 2.75) is 25.9 Å². The van der Waals surface area contributed by atoms with Crippen LogP contribution in [0.25, 0.3) is 0 Å². The zero-order chi connectivity index (χ0) is 16.8. The molecule has 0 saturated heterocycles. The third kappa shape index (κ3) is 4.07. The van der Waals surface area contributed by atoms with E-state index in [9.17, 15) is 14.7 Å². The third-order valence-corrected chi connectivity index (χ3v) is 3.94. The van der Waals surface area contributed by atoms with Gasteiger partial charge in [0.1, 0.15) is 5.69 Å². The van der Waals surface area contributed by atoms with Crippen molar-refractivity contribution in [1.29, 1.82) is 0 Å². The maximum absolute atomic E-state index is 12.9. The summed E-state index contributed by atoms with van der Waals surface area (Å²) in [5.41, 5.74) is 1.13. The Kier molecular flexibility index (Phi) is 5.71. The lowest BCUT2D eigenvalue weighted by Gasteiger charge is -2.29. The van der Waals surface area contributed by atoms with E-state index < -0.39 is 0 Å². The van der Waals surface area contributed by atoms with Gasteiger partial charge in [-0.15, -0.1) is 0 Å². The first-order chi connectivity index (χ1) is 11.0. The van der Waals surface area contributed by atoms with E-state index in [2.05, 4.69) is 0 Å². The molecule has 1 heterocycles. The Morgan fingerprint density at radius 3 is 2.52 bits per heavy atom. The zero-order valence-corrected chi connectivity index (χ0v) is 13.5. The quantitative estimate of drug-likeness (QED) is 0.884. The van der Waals surface area contributed by atoms with Crippen LogP contribution in [0.2, 0.25) is 0 Å². The van der Waals surface area contributed by atoms with E-state index in [-0.39, 0.29) is 24.1 Å². The van der Waals surface area contributed by atoms with Crippen molar-refractivity contribution in [3.8, 4) is 0 Å². The topological polar surface area (TPSA) is 62.5 Å². The highest BCUT2D eigenvalue weighted by atomic mass is 16.3. The molecule has 1 amide bonds. The van der Waals surface area contributed by atoms with Gasteiger partial charge in [0, 0.05) is 32.3 Å². The summed E-state index contributed by atoms with van der Waals surface area (Å²) in [7, 11) is 1.59. The van der Waals surface area contributed by atoms with Crippen LogP contribution in [0.4, 0.5) is 0 Å². The van der Waals surface area contributed by atoms with Gasteiger partial charge in [0.15, 0.2) is 0 Å². The number of amides is 1. The fourth-order valence-corrected chi connectivity index (χ4v) is 2.48. The smallest absolute Gasteiger partial charge is 0.271 e. The van der Waals surface area contributed by atoms with Gasteiger partial charge in [-0.1, -0.05) is 36.4 Å². The molecule has 1 aromatic carbocycles. The number of aliphatic hydroxyl groups is 1. The average molecular weight is 314 g/mol. The highest BCUT2D eigenvalue weighted by Gasteiger charge is 2.23. The summed E-state index contributed by atoms with van der Waals surface area (Å²) in [6, 6.07) is 14.2. The molecule has 1 aromatic heterocycles. The Morgan fingerprint density at radius 2 is 1.87 bits per heavy atom. The monoisotopic (exact) mass is 314 g/mol. The minimum atomic E-state index is -0.217. The van der Waals surface area contributed by atoms with Crippen molar-refractivity contribution in [3.05, 3.63) is 70.1 Å². The number of nitrogens with zero attached hydrogens (tertiary/aromatic N) is 2. The molecule has 1 unspecified atom stereocenters. The van der Waals surface area contributed by atoms with E-state index in [0.717, 1.165) is 5.56 Å². The summed E-state index contributed by atoms with van der Waals surface area (Å²) in [6.45, 7) is 2.34. The van der Waals surface area contributed by atoms with E-state index in [1.54, 1.807) is 24.1 Å². The van der Waals surface area contributed by atoms with Gasteiger partial charge < -0.3 is 14.6 Å². The highest BCUT2D eigenvalue weighted by molar-refractivity contribution is 5.92. The Hall–Kier alpha value is -2.40. The second-order valence-electron chi connectivity index (χ2n) is 5.59. The molecule has 5 heteroatoms. The van der Waals surface area contributed by atoms with Gasteiger partial charge in [0.2, 0.25) is 0 Å². The lowest BCUT2D eigenvalue weighted by atomic mass is 10.1. The number of carbonyl (C=O) groups excluding carboxylic acids is 1. The highest BCUT2D eigenvalue weighted by Crippen LogP contribution is 2.14. The molecule has 1 N–H and O–H groups in total. The number of aromatic nitrogens is 1. The first-order valence-corrected chi connectivity index (χ1v) is 7.66. The Morgan fingerprint density at radius 1 is 1.17 bits per heavy atom. The summed E-state index contributed by atoms with van der Waals surface area (Å²) in [4.78, 5) is 26.4. The molecule has 5 nitrogen and oxygen atoms in total. The van der Waals surface area contributed by atoms with Crippen LogP contribution in [0.5, 0.6) is 0 Å². The molecule has 2 rings (SSSR count). The average Bonchev–Trinajstić information content (AvgIpc) is 2.56. The van der Waals surface area contributed by atoms with Gasteiger partial charge >= 0.3 is 0 Å². The Balaban J connectivity index is 2.34. The van der Waals surface area contributed by atoms with Crippen LogP contribution >= 0.6 is 0 Å². The van der Waals surface area contributed by atoms with Gasteiger partial charge in [-0.25, -0.2) is 0 Å². The van der Waals surface area contributed by atoms with Crippen LogP contribution in [0, 0.1) is 0 Å². The molecule has 23 heavy (non-hydrogen) atoms. The molecule has 0 aliphatic carbocycles. The van der Waals surface area contributed by atoms with E-state index in [1.807, 2.05) is 37.3 Å². The molecule has 0 fully saturated rings. The van der Waals surface area contributed by atoms with Gasteiger partial charge in [-0.05, 0) is 25.0 Å². The van der Waals surface area contributed by atoms with Crippen LogP contribution in [0.15, 0.2) is 53.3 Å². The summed E-state index contributed by atoms with van der Waals surface area (Å²) < 4.78 is 1.35. The number of hydrogen-bond acceptors (Lipinski definition) is 3.